The third-order valence-corrected chi connectivity index (χ3v) is 3.96. The summed E-state index contributed by atoms with van der Waals surface area (Å²) in [4.78, 5) is 4.45. The molecule has 0 saturated heterocycles. The second-order valence-corrected chi connectivity index (χ2v) is 5.92. The Balaban J connectivity index is 1.49. The van der Waals surface area contributed by atoms with Gasteiger partial charge in [-0.05, 0) is 36.4 Å². The van der Waals surface area contributed by atoms with Gasteiger partial charge in [-0.2, -0.15) is 15.5 Å². The molecule has 136 valence electrons. The van der Waals surface area contributed by atoms with Crippen molar-refractivity contribution < 1.29 is 4.52 Å². The molecule has 28 heavy (non-hydrogen) atoms. The molecule has 2 heterocycles. The maximum absolute atomic E-state index is 9.17. The summed E-state index contributed by atoms with van der Waals surface area (Å²) in [6.07, 6.45) is 1.52. The van der Waals surface area contributed by atoms with Gasteiger partial charge in [0.25, 0.3) is 5.89 Å². The topological polar surface area (TPSA) is 129 Å². The highest BCUT2D eigenvalue weighted by Crippen LogP contribution is 2.24. The van der Waals surface area contributed by atoms with Gasteiger partial charge >= 0.3 is 0 Å². The molecule has 2 aromatic carbocycles. The number of hydrogen-bond donors (Lipinski definition) is 2. The van der Waals surface area contributed by atoms with Crippen LogP contribution < -0.4 is 5.32 Å². The minimum Gasteiger partial charge on any atom is -0.360 e. The summed E-state index contributed by atoms with van der Waals surface area (Å²) in [6, 6.07) is 17.3. The number of rotatable bonds is 5. The Morgan fingerprint density at radius 2 is 1.86 bits per heavy atom. The fourth-order valence-corrected chi connectivity index (χ4v) is 2.45. The molecule has 2 aromatic heterocycles. The van der Waals surface area contributed by atoms with Crippen molar-refractivity contribution in [1.82, 2.24) is 30.8 Å². The first-order chi connectivity index (χ1) is 13.7. The Morgan fingerprint density at radius 1 is 1.11 bits per heavy atom. The summed E-state index contributed by atoms with van der Waals surface area (Å²) in [5, 5.41) is 29.6. The number of nitrogens with one attached hydrogen (secondary N) is 2. The number of aryl methyl sites for hydroxylation is 1. The summed E-state index contributed by atoms with van der Waals surface area (Å²) < 4.78 is 5.38. The third kappa shape index (κ3) is 3.61. The van der Waals surface area contributed by atoms with Crippen LogP contribution in [-0.4, -0.2) is 30.8 Å². The van der Waals surface area contributed by atoms with Crippen molar-refractivity contribution in [2.24, 2.45) is 0 Å². The quantitative estimate of drug-likeness (QED) is 0.512. The van der Waals surface area contributed by atoms with E-state index in [0.29, 0.717) is 11.7 Å². The van der Waals surface area contributed by atoms with Gasteiger partial charge < -0.3 is 9.84 Å². The smallest absolute Gasteiger partial charge is 0.258 e. The molecule has 0 saturated carbocycles. The van der Waals surface area contributed by atoms with Crippen molar-refractivity contribution in [2.75, 3.05) is 5.32 Å². The summed E-state index contributed by atoms with van der Waals surface area (Å²) in [5.74, 6) is 1.20. The van der Waals surface area contributed by atoms with Gasteiger partial charge in [0.15, 0.2) is 0 Å². The van der Waals surface area contributed by atoms with Crippen LogP contribution in [-0.2, 0) is 0 Å². The van der Waals surface area contributed by atoms with Crippen LogP contribution in [0.1, 0.15) is 11.4 Å². The van der Waals surface area contributed by atoms with Crippen LogP contribution in [0.3, 0.4) is 0 Å². The standard InChI is InChI=1S/C19H14N8O/c1-12-2-4-13(5-3-12)17-22-19(28-25-17)14-6-8-16(9-7-14)21-11-15(10-20)18-23-26-27-24-18/h2-9,11,21H,1H3,(H,23,24,26,27). The Bertz CT molecular complexity index is 1140. The second-order valence-electron chi connectivity index (χ2n) is 5.92. The van der Waals surface area contributed by atoms with Crippen molar-refractivity contribution in [2.45, 2.75) is 6.92 Å². The zero-order valence-corrected chi connectivity index (χ0v) is 14.8. The van der Waals surface area contributed by atoms with Gasteiger partial charge in [0.1, 0.15) is 11.6 Å². The lowest BCUT2D eigenvalue weighted by molar-refractivity contribution is 0.432. The zero-order valence-electron chi connectivity index (χ0n) is 14.8. The van der Waals surface area contributed by atoms with E-state index in [-0.39, 0.29) is 11.4 Å². The molecule has 9 nitrogen and oxygen atoms in total. The van der Waals surface area contributed by atoms with Gasteiger partial charge in [0.2, 0.25) is 11.6 Å². The Hall–Kier alpha value is -4.32. The lowest BCUT2D eigenvalue weighted by atomic mass is 10.1. The van der Waals surface area contributed by atoms with Gasteiger partial charge in [0.05, 0.1) is 0 Å². The monoisotopic (exact) mass is 370 g/mol. The minimum absolute atomic E-state index is 0.223. The van der Waals surface area contributed by atoms with Crippen LogP contribution in [0, 0.1) is 18.3 Å². The summed E-state index contributed by atoms with van der Waals surface area (Å²) in [6.45, 7) is 2.03. The molecule has 2 N–H and O–H groups in total. The van der Waals surface area contributed by atoms with Crippen LogP contribution in [0.4, 0.5) is 5.69 Å². The van der Waals surface area contributed by atoms with E-state index in [1.807, 2.05) is 61.5 Å². The minimum atomic E-state index is 0.223. The van der Waals surface area contributed by atoms with E-state index in [1.165, 1.54) is 11.8 Å². The molecule has 0 unspecified atom stereocenters. The predicted octanol–water partition coefficient (Wildman–Crippen LogP) is 3.20. The number of anilines is 1. The highest BCUT2D eigenvalue weighted by molar-refractivity contribution is 5.74. The van der Waals surface area contributed by atoms with Crippen LogP contribution in [0.15, 0.2) is 59.3 Å². The largest absolute Gasteiger partial charge is 0.360 e. The van der Waals surface area contributed by atoms with E-state index >= 15 is 0 Å². The van der Waals surface area contributed by atoms with Crippen molar-refractivity contribution in [3.8, 4) is 28.9 Å². The van der Waals surface area contributed by atoms with Gasteiger partial charge in [0, 0.05) is 23.0 Å². The first kappa shape index (κ1) is 17.1. The molecule has 0 fully saturated rings. The number of aromatic amines is 1. The van der Waals surface area contributed by atoms with E-state index in [0.717, 1.165) is 16.8 Å². The number of hydrogen-bond acceptors (Lipinski definition) is 8. The molecule has 0 radical (unpaired) electrons. The van der Waals surface area contributed by atoms with Crippen LogP contribution in [0.25, 0.3) is 28.4 Å². The first-order valence-electron chi connectivity index (χ1n) is 8.35. The van der Waals surface area contributed by atoms with Crippen molar-refractivity contribution in [1.29, 1.82) is 5.26 Å². The molecular weight excluding hydrogens is 356 g/mol. The number of allylic oxidation sites excluding steroid dienone is 1. The van der Waals surface area contributed by atoms with Crippen molar-refractivity contribution in [3.63, 3.8) is 0 Å². The highest BCUT2D eigenvalue weighted by Gasteiger charge is 2.10. The normalized spacial score (nSPS) is 11.2. The molecule has 0 aliphatic rings. The number of H-pyrrole nitrogens is 1. The van der Waals surface area contributed by atoms with Crippen molar-refractivity contribution in [3.05, 3.63) is 66.1 Å². The van der Waals surface area contributed by atoms with Crippen LogP contribution >= 0.6 is 0 Å². The SMILES string of the molecule is Cc1ccc(-c2noc(-c3ccc(NC=C(C#N)c4nn[nH]n4)cc3)n2)cc1. The number of benzene rings is 2. The fraction of sp³-hybridized carbons (Fsp3) is 0.0526. The molecule has 0 aliphatic carbocycles. The maximum Gasteiger partial charge on any atom is 0.258 e. The van der Waals surface area contributed by atoms with Crippen LogP contribution in [0.2, 0.25) is 0 Å². The number of aromatic nitrogens is 6. The van der Waals surface area contributed by atoms with E-state index in [1.54, 1.807) is 0 Å². The number of tetrazole rings is 1. The predicted molar refractivity (Wildman–Crippen MR) is 101 cm³/mol. The Kier molecular flexibility index (Phi) is 4.59. The number of nitrogens with zero attached hydrogens (tertiary/aromatic N) is 6. The molecule has 4 aromatic rings. The molecule has 9 heteroatoms. The Morgan fingerprint density at radius 3 is 2.54 bits per heavy atom. The molecule has 0 spiro atoms. The zero-order chi connectivity index (χ0) is 19.3. The average Bonchev–Trinajstić information content (AvgIpc) is 3.42. The van der Waals surface area contributed by atoms with E-state index < -0.39 is 0 Å². The van der Waals surface area contributed by atoms with Crippen molar-refractivity contribution >= 4 is 11.3 Å². The van der Waals surface area contributed by atoms with E-state index in [2.05, 4.69) is 36.1 Å². The third-order valence-electron chi connectivity index (χ3n) is 3.96. The summed E-state index contributed by atoms with van der Waals surface area (Å²) in [5.41, 5.74) is 3.90. The van der Waals surface area contributed by atoms with Gasteiger partial charge in [-0.25, -0.2) is 0 Å². The van der Waals surface area contributed by atoms with E-state index in [4.69, 9.17) is 4.52 Å². The molecule has 0 bridgehead atoms. The fourth-order valence-electron chi connectivity index (χ4n) is 2.45. The molecule has 0 aliphatic heterocycles. The van der Waals surface area contributed by atoms with Gasteiger partial charge in [-0.15, -0.1) is 10.2 Å². The maximum atomic E-state index is 9.17. The second kappa shape index (κ2) is 7.51. The summed E-state index contributed by atoms with van der Waals surface area (Å²) in [7, 11) is 0. The number of nitriles is 1. The molecule has 4 rings (SSSR count). The lowest BCUT2D eigenvalue weighted by Crippen LogP contribution is -1.93. The average molecular weight is 370 g/mol. The van der Waals surface area contributed by atoms with Gasteiger partial charge in [-0.3, -0.25) is 0 Å². The molecular formula is C19H14N8O. The lowest BCUT2D eigenvalue weighted by Gasteiger charge is -2.01. The summed E-state index contributed by atoms with van der Waals surface area (Å²) >= 11 is 0. The first-order valence-corrected chi connectivity index (χ1v) is 8.35. The molecule has 0 amide bonds. The van der Waals surface area contributed by atoms with E-state index in [9.17, 15) is 5.26 Å². The Labute approximate surface area is 159 Å². The van der Waals surface area contributed by atoms with Crippen LogP contribution in [0.5, 0.6) is 0 Å². The van der Waals surface area contributed by atoms with Gasteiger partial charge in [-0.1, -0.05) is 35.0 Å². The molecule has 0 atom stereocenters. The highest BCUT2D eigenvalue weighted by atomic mass is 16.5.